The fourth-order valence-corrected chi connectivity index (χ4v) is 6.10. The third-order valence-electron chi connectivity index (χ3n) is 8.38. The second kappa shape index (κ2) is 13.2. The molecule has 4 rings (SSSR count). The number of benzene rings is 3. The summed E-state index contributed by atoms with van der Waals surface area (Å²) in [5.74, 6) is -2.15. The van der Waals surface area contributed by atoms with Gasteiger partial charge in [0.2, 0.25) is 0 Å². The van der Waals surface area contributed by atoms with Crippen LogP contribution in [-0.4, -0.2) is 46.3 Å². The van der Waals surface area contributed by atoms with Crippen molar-refractivity contribution >= 4 is 46.1 Å². The fourth-order valence-electron chi connectivity index (χ4n) is 6.10. The first-order valence-corrected chi connectivity index (χ1v) is 15.3. The third kappa shape index (κ3) is 8.12. The van der Waals surface area contributed by atoms with E-state index in [1.54, 1.807) is 32.9 Å². The summed E-state index contributed by atoms with van der Waals surface area (Å²) in [7, 11) is 0. The standard InChI is InChI=1S/C35H44N4O6/c1-20-16-21(2)29(22(3)17-20)38-32(43)37-28-19-24-11-9-8-10-23(24)18-27(28)30(40)39-35(7,31(41)42)25-12-14-26(15-13-25)36-33(44)45-34(4,5)6/h8-11,16-19,25-26H,12-15H2,1-7H3,(H,36,44)(H,39,40)(H,41,42)(H2,37,38,43). The molecule has 0 saturated heterocycles. The van der Waals surface area contributed by atoms with Crippen molar-refractivity contribution in [2.45, 2.75) is 91.3 Å². The predicted molar refractivity (Wildman–Crippen MR) is 176 cm³/mol. The van der Waals surface area contributed by atoms with Crippen LogP contribution < -0.4 is 21.3 Å². The van der Waals surface area contributed by atoms with Crippen LogP contribution in [-0.2, 0) is 9.53 Å². The summed E-state index contributed by atoms with van der Waals surface area (Å²) in [4.78, 5) is 52.0. The van der Waals surface area contributed by atoms with Crippen LogP contribution in [0.1, 0.15) is 80.4 Å². The molecular weight excluding hydrogens is 572 g/mol. The van der Waals surface area contributed by atoms with Crippen LogP contribution >= 0.6 is 0 Å². The largest absolute Gasteiger partial charge is 0.480 e. The van der Waals surface area contributed by atoms with Crippen molar-refractivity contribution in [2.75, 3.05) is 10.6 Å². The highest BCUT2D eigenvalue weighted by Gasteiger charge is 2.45. The van der Waals surface area contributed by atoms with Gasteiger partial charge in [0.05, 0.1) is 11.3 Å². The minimum Gasteiger partial charge on any atom is -0.480 e. The van der Waals surface area contributed by atoms with Crippen LogP contribution in [0.4, 0.5) is 21.0 Å². The Labute approximate surface area is 264 Å². The number of nitrogens with one attached hydrogen (secondary N) is 4. The summed E-state index contributed by atoms with van der Waals surface area (Å²) in [5, 5.41) is 23.3. The molecule has 3 aromatic carbocycles. The van der Waals surface area contributed by atoms with E-state index in [0.717, 1.165) is 27.5 Å². The highest BCUT2D eigenvalue weighted by Crippen LogP contribution is 2.35. The van der Waals surface area contributed by atoms with Crippen molar-refractivity contribution in [3.05, 3.63) is 70.8 Å². The number of carboxylic acid groups (broad SMARTS) is 1. The molecule has 4 amide bonds. The maximum absolute atomic E-state index is 13.9. The number of hydrogen-bond acceptors (Lipinski definition) is 5. The first-order chi connectivity index (χ1) is 21.1. The molecule has 0 aliphatic heterocycles. The van der Waals surface area contributed by atoms with Gasteiger partial charge in [-0.05, 0) is 114 Å². The van der Waals surface area contributed by atoms with E-state index in [1.807, 2.05) is 57.2 Å². The third-order valence-corrected chi connectivity index (χ3v) is 8.38. The highest BCUT2D eigenvalue weighted by molar-refractivity contribution is 6.10. The molecule has 10 heteroatoms. The van der Waals surface area contributed by atoms with Gasteiger partial charge in [0, 0.05) is 11.7 Å². The average molecular weight is 617 g/mol. The monoisotopic (exact) mass is 616 g/mol. The molecule has 45 heavy (non-hydrogen) atoms. The number of ether oxygens (including phenoxy) is 1. The van der Waals surface area contributed by atoms with Crippen molar-refractivity contribution < 1.29 is 29.0 Å². The molecule has 5 N–H and O–H groups in total. The molecule has 1 saturated carbocycles. The van der Waals surface area contributed by atoms with Crippen LogP contribution in [0.25, 0.3) is 10.8 Å². The number of rotatable bonds is 7. The number of anilines is 2. The van der Waals surface area contributed by atoms with Gasteiger partial charge in [0.1, 0.15) is 11.1 Å². The second-order valence-electron chi connectivity index (χ2n) is 13.3. The van der Waals surface area contributed by atoms with Gasteiger partial charge in [-0.3, -0.25) is 4.79 Å². The molecule has 1 unspecified atom stereocenters. The topological polar surface area (TPSA) is 146 Å². The van der Waals surface area contributed by atoms with Crippen molar-refractivity contribution in [3.63, 3.8) is 0 Å². The van der Waals surface area contributed by atoms with Crippen LogP contribution in [0, 0.1) is 26.7 Å². The van der Waals surface area contributed by atoms with E-state index >= 15 is 0 Å². The molecular formula is C35H44N4O6. The Balaban J connectivity index is 1.54. The van der Waals surface area contributed by atoms with Crippen LogP contribution in [0.2, 0.25) is 0 Å². The number of urea groups is 1. The Kier molecular flexibility index (Phi) is 9.75. The Bertz CT molecular complexity index is 1600. The van der Waals surface area contributed by atoms with Gasteiger partial charge in [-0.25, -0.2) is 14.4 Å². The zero-order valence-electron chi connectivity index (χ0n) is 27.1. The molecule has 0 bridgehead atoms. The van der Waals surface area contributed by atoms with Crippen LogP contribution in [0.5, 0.6) is 0 Å². The van der Waals surface area contributed by atoms with Gasteiger partial charge in [0.15, 0.2) is 0 Å². The lowest BCUT2D eigenvalue weighted by atomic mass is 9.74. The predicted octanol–water partition coefficient (Wildman–Crippen LogP) is 7.07. The summed E-state index contributed by atoms with van der Waals surface area (Å²) >= 11 is 0. The van der Waals surface area contributed by atoms with Gasteiger partial charge >= 0.3 is 18.1 Å². The molecule has 1 aliphatic rings. The molecule has 1 fully saturated rings. The van der Waals surface area contributed by atoms with Crippen LogP contribution in [0.15, 0.2) is 48.5 Å². The summed E-state index contributed by atoms with van der Waals surface area (Å²) in [5.41, 5.74) is 1.77. The Morgan fingerprint density at radius 2 is 1.40 bits per heavy atom. The number of alkyl carbamates (subject to hydrolysis) is 1. The van der Waals surface area contributed by atoms with E-state index in [2.05, 4.69) is 21.3 Å². The average Bonchev–Trinajstić information content (AvgIpc) is 2.93. The fraction of sp³-hybridized carbons (Fsp3) is 0.429. The number of carbonyl (C=O) groups excluding carboxylic acids is 3. The van der Waals surface area contributed by atoms with E-state index in [4.69, 9.17) is 4.74 Å². The summed E-state index contributed by atoms with van der Waals surface area (Å²) < 4.78 is 5.36. The lowest BCUT2D eigenvalue weighted by Gasteiger charge is -2.39. The molecule has 0 spiro atoms. The van der Waals surface area contributed by atoms with Gasteiger partial charge in [0.25, 0.3) is 5.91 Å². The zero-order chi connectivity index (χ0) is 33.1. The first-order valence-electron chi connectivity index (χ1n) is 15.3. The van der Waals surface area contributed by atoms with Crippen molar-refractivity contribution in [3.8, 4) is 0 Å². The quantitative estimate of drug-likeness (QED) is 0.192. The number of aryl methyl sites for hydroxylation is 3. The summed E-state index contributed by atoms with van der Waals surface area (Å²) in [6.45, 7) is 12.7. The molecule has 240 valence electrons. The van der Waals surface area contributed by atoms with E-state index < -0.39 is 35.1 Å². The molecule has 0 aromatic heterocycles. The lowest BCUT2D eigenvalue weighted by molar-refractivity contribution is -0.146. The first kappa shape index (κ1) is 33.3. The Morgan fingerprint density at radius 1 is 0.822 bits per heavy atom. The molecule has 0 radical (unpaired) electrons. The molecule has 10 nitrogen and oxygen atoms in total. The van der Waals surface area contributed by atoms with E-state index in [1.165, 1.54) is 6.92 Å². The maximum Gasteiger partial charge on any atom is 0.407 e. The minimum absolute atomic E-state index is 0.147. The number of amides is 4. The Morgan fingerprint density at radius 3 is 1.96 bits per heavy atom. The van der Waals surface area contributed by atoms with Crippen molar-refractivity contribution in [1.29, 1.82) is 0 Å². The maximum atomic E-state index is 13.9. The van der Waals surface area contributed by atoms with E-state index in [0.29, 0.717) is 31.4 Å². The number of hydrogen-bond donors (Lipinski definition) is 5. The van der Waals surface area contributed by atoms with Crippen molar-refractivity contribution in [1.82, 2.24) is 10.6 Å². The SMILES string of the molecule is Cc1cc(C)c(NC(=O)Nc2cc3ccccc3cc2C(=O)NC(C)(C(=O)O)C2CCC(NC(=O)OC(C)(C)C)CC2)c(C)c1. The lowest BCUT2D eigenvalue weighted by Crippen LogP contribution is -2.58. The molecule has 3 aromatic rings. The summed E-state index contributed by atoms with van der Waals surface area (Å²) in [6, 6.07) is 14.1. The van der Waals surface area contributed by atoms with Gasteiger partial charge in [-0.1, -0.05) is 42.0 Å². The molecule has 1 atom stereocenters. The molecule has 1 aliphatic carbocycles. The van der Waals surface area contributed by atoms with E-state index in [-0.39, 0.29) is 23.2 Å². The van der Waals surface area contributed by atoms with Gasteiger partial charge in [-0.15, -0.1) is 0 Å². The van der Waals surface area contributed by atoms with E-state index in [9.17, 15) is 24.3 Å². The Hall–Kier alpha value is -4.60. The van der Waals surface area contributed by atoms with Crippen molar-refractivity contribution in [2.24, 2.45) is 5.92 Å². The summed E-state index contributed by atoms with van der Waals surface area (Å²) in [6.07, 6.45) is 1.54. The van der Waals surface area contributed by atoms with Gasteiger partial charge < -0.3 is 31.1 Å². The number of carboxylic acids is 1. The van der Waals surface area contributed by atoms with Gasteiger partial charge in [-0.2, -0.15) is 0 Å². The number of carbonyl (C=O) groups is 4. The van der Waals surface area contributed by atoms with Crippen LogP contribution in [0.3, 0.4) is 0 Å². The number of aliphatic carboxylic acids is 1. The molecule has 0 heterocycles. The minimum atomic E-state index is -1.59. The smallest absolute Gasteiger partial charge is 0.407 e. The second-order valence-corrected chi connectivity index (χ2v) is 13.3. The zero-order valence-corrected chi connectivity index (χ0v) is 27.1. The number of fused-ring (bicyclic) bond motifs is 1. The highest BCUT2D eigenvalue weighted by atomic mass is 16.6. The normalized spacial score (nSPS) is 17.9.